The quantitative estimate of drug-likeness (QED) is 0.291. The number of ether oxygens (including phenoxy) is 1. The molecule has 2 aromatic carbocycles. The molecule has 0 radical (unpaired) electrons. The van der Waals surface area contributed by atoms with Gasteiger partial charge in [0.2, 0.25) is 0 Å². The summed E-state index contributed by atoms with van der Waals surface area (Å²) < 4.78 is 11.1. The van der Waals surface area contributed by atoms with Crippen molar-refractivity contribution in [3.05, 3.63) is 85.5 Å². The molecule has 0 aliphatic rings. The molecule has 156 valence electrons. The lowest BCUT2D eigenvalue weighted by Crippen LogP contribution is -2.21. The fourth-order valence-electron chi connectivity index (χ4n) is 3.28. The number of amides is 1. The summed E-state index contributed by atoms with van der Waals surface area (Å²) in [5.74, 6) is -1.24. The summed E-state index contributed by atoms with van der Waals surface area (Å²) in [6, 6.07) is 15.9. The SMILES string of the molecule is COC(=O)c1c(NC(=O)c2cc3ccccc3oc2=O)sc(C)c1-c1ccc(Br)cc1. The van der Waals surface area contributed by atoms with E-state index in [1.165, 1.54) is 24.5 Å². The number of fused-ring (bicyclic) bond motifs is 1. The summed E-state index contributed by atoms with van der Waals surface area (Å²) in [4.78, 5) is 38.7. The molecule has 0 unspecified atom stereocenters. The second-order valence-electron chi connectivity index (χ2n) is 6.68. The van der Waals surface area contributed by atoms with Crippen LogP contribution in [0, 0.1) is 6.92 Å². The maximum atomic E-state index is 12.9. The van der Waals surface area contributed by atoms with Crippen LogP contribution < -0.4 is 10.9 Å². The van der Waals surface area contributed by atoms with E-state index in [-0.39, 0.29) is 11.1 Å². The Morgan fingerprint density at radius 2 is 1.81 bits per heavy atom. The zero-order valence-corrected chi connectivity index (χ0v) is 18.9. The molecule has 0 fully saturated rings. The number of thiophene rings is 1. The van der Waals surface area contributed by atoms with Crippen molar-refractivity contribution in [1.82, 2.24) is 0 Å². The molecule has 0 saturated carbocycles. The van der Waals surface area contributed by atoms with Crippen LogP contribution in [-0.4, -0.2) is 19.0 Å². The van der Waals surface area contributed by atoms with Crippen molar-refractivity contribution in [1.29, 1.82) is 0 Å². The number of carbonyl (C=O) groups excluding carboxylic acids is 2. The molecule has 31 heavy (non-hydrogen) atoms. The molecule has 2 heterocycles. The van der Waals surface area contributed by atoms with Crippen LogP contribution in [0.3, 0.4) is 0 Å². The standard InChI is InChI=1S/C23H16BrNO5S/c1-12-18(13-7-9-15(24)10-8-13)19(23(28)29-2)21(31-12)25-20(26)16-11-14-5-3-4-6-17(14)30-22(16)27/h3-11H,1-2H3,(H,25,26). The monoisotopic (exact) mass is 497 g/mol. The number of nitrogens with one attached hydrogen (secondary N) is 1. The number of aryl methyl sites for hydroxylation is 1. The molecule has 4 aromatic rings. The van der Waals surface area contributed by atoms with Gasteiger partial charge in [0.05, 0.1) is 7.11 Å². The van der Waals surface area contributed by atoms with E-state index in [1.807, 2.05) is 31.2 Å². The van der Waals surface area contributed by atoms with Gasteiger partial charge in [-0.25, -0.2) is 9.59 Å². The Hall–Kier alpha value is -3.23. The lowest BCUT2D eigenvalue weighted by molar-refractivity contribution is 0.0603. The first-order valence-electron chi connectivity index (χ1n) is 9.21. The summed E-state index contributed by atoms with van der Waals surface area (Å²) in [6.45, 7) is 1.86. The van der Waals surface area contributed by atoms with Crippen LogP contribution in [0.4, 0.5) is 5.00 Å². The van der Waals surface area contributed by atoms with Gasteiger partial charge in [-0.15, -0.1) is 11.3 Å². The van der Waals surface area contributed by atoms with Gasteiger partial charge in [0, 0.05) is 20.3 Å². The van der Waals surface area contributed by atoms with Gasteiger partial charge in [-0.3, -0.25) is 4.79 Å². The van der Waals surface area contributed by atoms with Crippen LogP contribution >= 0.6 is 27.3 Å². The molecule has 4 rings (SSSR count). The molecule has 0 saturated heterocycles. The Kier molecular flexibility index (Phi) is 5.75. The van der Waals surface area contributed by atoms with Crippen LogP contribution in [0.25, 0.3) is 22.1 Å². The van der Waals surface area contributed by atoms with Gasteiger partial charge in [0.1, 0.15) is 21.7 Å². The predicted molar refractivity (Wildman–Crippen MR) is 124 cm³/mol. The van der Waals surface area contributed by atoms with Gasteiger partial charge in [-0.2, -0.15) is 0 Å². The number of halogens is 1. The van der Waals surface area contributed by atoms with Crippen LogP contribution in [0.1, 0.15) is 25.6 Å². The van der Waals surface area contributed by atoms with E-state index in [4.69, 9.17) is 9.15 Å². The Labute approximate surface area is 189 Å². The van der Waals surface area contributed by atoms with Gasteiger partial charge in [0.15, 0.2) is 0 Å². The van der Waals surface area contributed by atoms with Crippen molar-refractivity contribution in [3.8, 4) is 11.1 Å². The Balaban J connectivity index is 1.78. The van der Waals surface area contributed by atoms with E-state index in [0.717, 1.165) is 14.9 Å². The zero-order chi connectivity index (χ0) is 22.1. The van der Waals surface area contributed by atoms with Gasteiger partial charge < -0.3 is 14.5 Å². The maximum absolute atomic E-state index is 12.9. The van der Waals surface area contributed by atoms with Crippen LogP contribution in [0.15, 0.2) is 68.3 Å². The van der Waals surface area contributed by atoms with Gasteiger partial charge in [-0.05, 0) is 36.8 Å². The van der Waals surface area contributed by atoms with Crippen molar-refractivity contribution in [3.63, 3.8) is 0 Å². The number of hydrogen-bond acceptors (Lipinski definition) is 6. The van der Waals surface area contributed by atoms with E-state index in [0.29, 0.717) is 21.5 Å². The minimum Gasteiger partial charge on any atom is -0.465 e. The van der Waals surface area contributed by atoms with Crippen LogP contribution in [0.5, 0.6) is 0 Å². The normalized spacial score (nSPS) is 10.8. The van der Waals surface area contributed by atoms with Gasteiger partial charge in [-0.1, -0.05) is 46.3 Å². The number of carbonyl (C=O) groups is 2. The first kappa shape index (κ1) is 21.0. The molecule has 0 bridgehead atoms. The third-order valence-corrected chi connectivity index (χ3v) is 6.27. The fourth-order valence-corrected chi connectivity index (χ4v) is 4.61. The average molecular weight is 498 g/mol. The van der Waals surface area contributed by atoms with Gasteiger partial charge in [0.25, 0.3) is 5.91 Å². The Bertz CT molecular complexity index is 1370. The second kappa shape index (κ2) is 8.49. The highest BCUT2D eigenvalue weighted by atomic mass is 79.9. The molecule has 6 nitrogen and oxygen atoms in total. The molecular formula is C23H16BrNO5S. The van der Waals surface area contributed by atoms with Crippen molar-refractivity contribution < 1.29 is 18.7 Å². The van der Waals surface area contributed by atoms with E-state index < -0.39 is 17.5 Å². The summed E-state index contributed by atoms with van der Waals surface area (Å²) in [7, 11) is 1.28. The summed E-state index contributed by atoms with van der Waals surface area (Å²) in [6.07, 6.45) is 0. The highest BCUT2D eigenvalue weighted by Gasteiger charge is 2.26. The number of para-hydroxylation sites is 1. The van der Waals surface area contributed by atoms with Gasteiger partial charge >= 0.3 is 11.6 Å². The molecule has 1 N–H and O–H groups in total. The predicted octanol–water partition coefficient (Wildman–Crippen LogP) is 5.63. The molecule has 0 spiro atoms. The lowest BCUT2D eigenvalue weighted by Gasteiger charge is -2.08. The molecule has 0 aliphatic carbocycles. The molecule has 0 atom stereocenters. The number of esters is 1. The van der Waals surface area contributed by atoms with E-state index in [1.54, 1.807) is 24.3 Å². The van der Waals surface area contributed by atoms with E-state index >= 15 is 0 Å². The molecule has 2 aromatic heterocycles. The molecule has 1 amide bonds. The summed E-state index contributed by atoms with van der Waals surface area (Å²) in [5, 5.41) is 3.63. The maximum Gasteiger partial charge on any atom is 0.349 e. The summed E-state index contributed by atoms with van der Waals surface area (Å²) in [5.41, 5.74) is 1.21. The average Bonchev–Trinajstić information content (AvgIpc) is 3.08. The highest BCUT2D eigenvalue weighted by molar-refractivity contribution is 9.10. The smallest absolute Gasteiger partial charge is 0.349 e. The topological polar surface area (TPSA) is 85.6 Å². The van der Waals surface area contributed by atoms with Crippen LogP contribution in [0.2, 0.25) is 0 Å². The number of methoxy groups -OCH3 is 1. The Morgan fingerprint density at radius 3 is 2.52 bits per heavy atom. The largest absolute Gasteiger partial charge is 0.465 e. The summed E-state index contributed by atoms with van der Waals surface area (Å²) >= 11 is 4.64. The number of rotatable bonds is 4. The number of anilines is 1. The minimum atomic E-state index is -0.753. The van der Waals surface area contributed by atoms with Crippen molar-refractivity contribution in [2.45, 2.75) is 6.92 Å². The molecule has 8 heteroatoms. The van der Waals surface area contributed by atoms with Crippen LogP contribution in [-0.2, 0) is 4.74 Å². The lowest BCUT2D eigenvalue weighted by atomic mass is 10.0. The molecule has 0 aliphatic heterocycles. The van der Waals surface area contributed by atoms with Crippen molar-refractivity contribution in [2.24, 2.45) is 0 Å². The first-order valence-corrected chi connectivity index (χ1v) is 10.8. The zero-order valence-electron chi connectivity index (χ0n) is 16.5. The number of benzene rings is 2. The van der Waals surface area contributed by atoms with E-state index in [9.17, 15) is 14.4 Å². The fraction of sp³-hybridized carbons (Fsp3) is 0.0870. The third-order valence-electron chi connectivity index (χ3n) is 4.72. The van der Waals surface area contributed by atoms with Crippen molar-refractivity contribution in [2.75, 3.05) is 12.4 Å². The van der Waals surface area contributed by atoms with E-state index in [2.05, 4.69) is 21.2 Å². The highest BCUT2D eigenvalue weighted by Crippen LogP contribution is 2.40. The number of hydrogen-bond donors (Lipinski definition) is 1. The Morgan fingerprint density at radius 1 is 1.10 bits per heavy atom. The van der Waals surface area contributed by atoms with Crippen molar-refractivity contribution >= 4 is 55.1 Å². The molecular weight excluding hydrogens is 482 g/mol. The first-order chi connectivity index (χ1) is 14.9. The minimum absolute atomic E-state index is 0.147. The third kappa shape index (κ3) is 4.04. The second-order valence-corrected chi connectivity index (χ2v) is 8.82.